The Morgan fingerprint density at radius 3 is 2.33 bits per heavy atom. The summed E-state index contributed by atoms with van der Waals surface area (Å²) < 4.78 is 0. The molecule has 0 saturated heterocycles. The molecule has 0 aliphatic heterocycles. The zero-order chi connectivity index (χ0) is 19.8. The predicted octanol–water partition coefficient (Wildman–Crippen LogP) is 6.94. The molecular formula is C22H27N3OS. The fourth-order valence-electron chi connectivity index (χ4n) is 2.70. The van der Waals surface area contributed by atoms with E-state index in [1.54, 1.807) is 23.9 Å². The molecule has 0 radical (unpaired) electrons. The Hall–Kier alpha value is -2.53. The fourth-order valence-corrected chi connectivity index (χ4v) is 3.15. The van der Waals surface area contributed by atoms with Gasteiger partial charge in [0.15, 0.2) is 0 Å². The highest BCUT2D eigenvalue weighted by Gasteiger charge is 2.10. The molecule has 4 nitrogen and oxygen atoms in total. The summed E-state index contributed by atoms with van der Waals surface area (Å²) in [6.07, 6.45) is 2.04. The lowest BCUT2D eigenvalue weighted by molar-refractivity contribution is 0.866. The van der Waals surface area contributed by atoms with Gasteiger partial charge in [-0.1, -0.05) is 50.2 Å². The molecule has 0 spiro atoms. The van der Waals surface area contributed by atoms with Crippen LogP contribution < -0.4 is 0 Å². The van der Waals surface area contributed by atoms with E-state index in [1.807, 2.05) is 32.2 Å². The fraction of sp³-hybridized carbons (Fsp3) is 0.273. The Bertz CT molecular complexity index is 916. The van der Waals surface area contributed by atoms with E-state index in [4.69, 9.17) is 0 Å². The molecule has 0 unspecified atom stereocenters. The molecule has 0 aliphatic carbocycles. The first-order valence-electron chi connectivity index (χ1n) is 8.83. The first-order chi connectivity index (χ1) is 12.9. The molecule has 0 aliphatic rings. The van der Waals surface area contributed by atoms with Gasteiger partial charge in [0.1, 0.15) is 16.5 Å². The van der Waals surface area contributed by atoms with Gasteiger partial charge in [-0.3, -0.25) is 0 Å². The second kappa shape index (κ2) is 9.97. The van der Waals surface area contributed by atoms with Gasteiger partial charge in [-0.25, -0.2) is 9.97 Å². The number of benzene rings is 2. The highest BCUT2D eigenvalue weighted by Crippen LogP contribution is 2.29. The molecule has 0 N–H and O–H groups in total. The van der Waals surface area contributed by atoms with Gasteiger partial charge in [0, 0.05) is 6.99 Å². The molecule has 0 atom stereocenters. The van der Waals surface area contributed by atoms with Crippen molar-refractivity contribution >= 4 is 17.4 Å². The summed E-state index contributed by atoms with van der Waals surface area (Å²) in [7, 11) is 0. The molecule has 1 aromatic heterocycles. The van der Waals surface area contributed by atoms with Crippen LogP contribution in [0.4, 0.5) is 5.69 Å². The molecular weight excluding hydrogens is 354 g/mol. The lowest BCUT2D eigenvalue weighted by atomic mass is 9.95. The van der Waals surface area contributed by atoms with Crippen LogP contribution in [0, 0.1) is 18.8 Å². The van der Waals surface area contributed by atoms with Crippen LogP contribution in [0.3, 0.4) is 0 Å². The molecule has 3 rings (SSSR count). The number of hydrogen-bond donors (Lipinski definition) is 0. The van der Waals surface area contributed by atoms with Gasteiger partial charge in [-0.2, -0.15) is 0 Å². The molecule has 1 heterocycles. The Kier molecular flexibility index (Phi) is 7.67. The first-order valence-corrected chi connectivity index (χ1v) is 10.1. The van der Waals surface area contributed by atoms with E-state index in [0.717, 1.165) is 22.1 Å². The smallest absolute Gasteiger partial charge is 0.127 e. The van der Waals surface area contributed by atoms with Gasteiger partial charge < -0.3 is 0 Å². The summed E-state index contributed by atoms with van der Waals surface area (Å²) in [5, 5.41) is 3.81. The maximum Gasteiger partial charge on any atom is 0.127 e. The van der Waals surface area contributed by atoms with Crippen molar-refractivity contribution in [1.29, 1.82) is 0 Å². The topological polar surface area (TPSA) is 55.2 Å². The summed E-state index contributed by atoms with van der Waals surface area (Å²) >= 11 is 1.65. The monoisotopic (exact) mass is 381 g/mol. The van der Waals surface area contributed by atoms with Crippen molar-refractivity contribution in [3.63, 3.8) is 0 Å². The Balaban J connectivity index is 0.000000332. The van der Waals surface area contributed by atoms with Crippen LogP contribution in [0.2, 0.25) is 0 Å². The summed E-state index contributed by atoms with van der Waals surface area (Å²) in [5.74, 6) is 1.32. The average molecular weight is 382 g/mol. The number of rotatable bonds is 4. The number of nitroso groups, excluding NO2 is 1. The summed E-state index contributed by atoms with van der Waals surface area (Å²) in [6.45, 7) is 8.29. The third-order valence-electron chi connectivity index (χ3n) is 3.99. The van der Waals surface area contributed by atoms with Gasteiger partial charge in [0.2, 0.25) is 0 Å². The van der Waals surface area contributed by atoms with Crippen molar-refractivity contribution in [3.8, 4) is 11.3 Å². The number of aryl methyl sites for hydroxylation is 2. The molecule has 0 saturated carbocycles. The minimum absolute atomic E-state index is 0. The largest absolute Gasteiger partial charge is 0.233 e. The van der Waals surface area contributed by atoms with Gasteiger partial charge >= 0.3 is 0 Å². The van der Waals surface area contributed by atoms with Crippen molar-refractivity contribution < 1.29 is 1.43 Å². The minimum Gasteiger partial charge on any atom is -0.233 e. The molecule has 27 heavy (non-hydrogen) atoms. The van der Waals surface area contributed by atoms with Crippen molar-refractivity contribution in [2.45, 2.75) is 38.6 Å². The Labute approximate surface area is 166 Å². The second-order valence-corrected chi connectivity index (χ2v) is 7.34. The third kappa shape index (κ3) is 6.00. The van der Waals surface area contributed by atoms with Crippen molar-refractivity contribution in [1.82, 2.24) is 9.97 Å². The number of hydrogen-bond acceptors (Lipinski definition) is 5. The minimum atomic E-state index is 0. The van der Waals surface area contributed by atoms with E-state index in [1.165, 1.54) is 11.1 Å². The molecule has 2 aromatic carbocycles. The van der Waals surface area contributed by atoms with Crippen LogP contribution in [-0.4, -0.2) is 16.2 Å². The van der Waals surface area contributed by atoms with Crippen molar-refractivity contribution in [2.24, 2.45) is 5.18 Å². The van der Waals surface area contributed by atoms with Crippen LogP contribution in [0.1, 0.15) is 38.1 Å². The summed E-state index contributed by atoms with van der Waals surface area (Å²) in [5.41, 5.74) is 5.13. The van der Waals surface area contributed by atoms with Gasteiger partial charge in [-0.15, -0.1) is 16.7 Å². The van der Waals surface area contributed by atoms with Crippen LogP contribution in [0.15, 0.2) is 64.8 Å². The Morgan fingerprint density at radius 1 is 1.00 bits per heavy atom. The van der Waals surface area contributed by atoms with E-state index in [0.29, 0.717) is 11.6 Å². The number of thioether (sulfide) groups is 1. The van der Waals surface area contributed by atoms with Gasteiger partial charge in [0.05, 0.1) is 5.69 Å². The van der Waals surface area contributed by atoms with Crippen LogP contribution in [-0.2, 0) is 0 Å². The lowest BCUT2D eigenvalue weighted by Crippen LogP contribution is -1.97. The standard InChI is InChI=1S/C15H18N2S.C7H7NO.H2/c1-10(2)12-7-5-6-8-13(12)14-9-15(18-4)17-11(3)16-14;1-6-3-2-4-7(5-6)8-9;/h5-10H,1-4H3;2-5H,1H3;1H. The summed E-state index contributed by atoms with van der Waals surface area (Å²) in [6, 6.07) is 17.7. The molecule has 142 valence electrons. The van der Waals surface area contributed by atoms with Crippen LogP contribution in [0.5, 0.6) is 0 Å². The van der Waals surface area contributed by atoms with E-state index < -0.39 is 0 Å². The molecule has 5 heteroatoms. The maximum atomic E-state index is 9.91. The highest BCUT2D eigenvalue weighted by molar-refractivity contribution is 7.98. The number of aromatic nitrogens is 2. The van der Waals surface area contributed by atoms with Crippen molar-refractivity contribution in [3.05, 3.63) is 76.5 Å². The van der Waals surface area contributed by atoms with E-state index in [-0.39, 0.29) is 1.43 Å². The zero-order valence-corrected chi connectivity index (χ0v) is 17.2. The molecule has 3 aromatic rings. The summed E-state index contributed by atoms with van der Waals surface area (Å²) in [4.78, 5) is 18.9. The lowest BCUT2D eigenvalue weighted by Gasteiger charge is -2.13. The Morgan fingerprint density at radius 2 is 1.74 bits per heavy atom. The zero-order valence-electron chi connectivity index (χ0n) is 16.4. The van der Waals surface area contributed by atoms with Crippen molar-refractivity contribution in [2.75, 3.05) is 6.26 Å². The van der Waals surface area contributed by atoms with Gasteiger partial charge in [-0.05, 0) is 60.5 Å². The maximum absolute atomic E-state index is 9.91. The van der Waals surface area contributed by atoms with E-state index in [2.05, 4.69) is 59.3 Å². The number of nitrogens with zero attached hydrogens (tertiary/aromatic N) is 3. The molecule has 0 fully saturated rings. The highest BCUT2D eigenvalue weighted by atomic mass is 32.2. The van der Waals surface area contributed by atoms with Crippen LogP contribution in [0.25, 0.3) is 11.3 Å². The second-order valence-electron chi connectivity index (χ2n) is 6.52. The predicted molar refractivity (Wildman–Crippen MR) is 117 cm³/mol. The molecule has 0 bridgehead atoms. The average Bonchev–Trinajstić information content (AvgIpc) is 2.67. The quantitative estimate of drug-likeness (QED) is 0.279. The normalized spacial score (nSPS) is 10.3. The van der Waals surface area contributed by atoms with Gasteiger partial charge in [0.25, 0.3) is 0 Å². The van der Waals surface area contributed by atoms with E-state index in [9.17, 15) is 4.91 Å². The van der Waals surface area contributed by atoms with E-state index >= 15 is 0 Å². The molecule has 0 amide bonds. The third-order valence-corrected chi connectivity index (χ3v) is 4.62. The first kappa shape index (κ1) is 20.8. The van der Waals surface area contributed by atoms with Crippen LogP contribution >= 0.6 is 11.8 Å². The SMILES string of the molecule is CSc1cc(-c2ccccc2C(C)C)nc(C)n1.Cc1cccc(N=O)c1.[HH].